The summed E-state index contributed by atoms with van der Waals surface area (Å²) in [6, 6.07) is 7.11. The van der Waals surface area contributed by atoms with Crippen LogP contribution in [0.15, 0.2) is 36.4 Å². The van der Waals surface area contributed by atoms with Gasteiger partial charge in [-0.1, -0.05) is 29.8 Å². The zero-order valence-corrected chi connectivity index (χ0v) is 12.6. The highest BCUT2D eigenvalue weighted by atomic mass is 35.5. The second-order valence-electron chi connectivity index (χ2n) is 5.83. The predicted octanol–water partition coefficient (Wildman–Crippen LogP) is 1.80. The third kappa shape index (κ3) is 1.69. The minimum atomic E-state index is -0.733. The Kier molecular flexibility index (Phi) is 2.86. The monoisotopic (exact) mass is 319 g/mol. The van der Waals surface area contributed by atoms with Crippen LogP contribution in [0.25, 0.3) is 0 Å². The second kappa shape index (κ2) is 4.57. The average molecular weight is 320 g/mol. The summed E-state index contributed by atoms with van der Waals surface area (Å²) in [4.78, 5) is 26.6. The molecule has 1 aromatic carbocycles. The van der Waals surface area contributed by atoms with Crippen molar-refractivity contribution in [2.24, 2.45) is 11.8 Å². The number of halogens is 1. The number of carbonyl (C=O) groups is 2. The first-order valence-corrected chi connectivity index (χ1v) is 7.45. The quantitative estimate of drug-likeness (QED) is 0.616. The number of ether oxygens (including phenoxy) is 2. The van der Waals surface area contributed by atoms with E-state index < -0.39 is 23.4 Å². The fourth-order valence-electron chi connectivity index (χ4n) is 3.77. The summed E-state index contributed by atoms with van der Waals surface area (Å²) < 4.78 is 10.8. The summed E-state index contributed by atoms with van der Waals surface area (Å²) in [5, 5.41) is 0.560. The lowest BCUT2D eigenvalue weighted by Gasteiger charge is -2.22. The molecule has 2 bridgehead atoms. The smallest absolute Gasteiger partial charge is 0.312 e. The van der Waals surface area contributed by atoms with Crippen LogP contribution >= 0.6 is 11.6 Å². The van der Waals surface area contributed by atoms with Crippen molar-refractivity contribution in [3.05, 3.63) is 41.4 Å². The molecule has 3 heterocycles. The zero-order valence-electron chi connectivity index (χ0n) is 11.9. The van der Waals surface area contributed by atoms with Crippen LogP contribution in [-0.2, 0) is 19.1 Å². The number of fused-ring (bicyclic) bond motifs is 1. The van der Waals surface area contributed by atoms with Gasteiger partial charge in [-0.05, 0) is 18.2 Å². The highest BCUT2D eigenvalue weighted by molar-refractivity contribution is 6.31. The van der Waals surface area contributed by atoms with Crippen LogP contribution in [-0.4, -0.2) is 37.2 Å². The number of rotatable bonds is 2. The van der Waals surface area contributed by atoms with Gasteiger partial charge in [-0.25, -0.2) is 0 Å². The van der Waals surface area contributed by atoms with E-state index >= 15 is 0 Å². The van der Waals surface area contributed by atoms with Crippen LogP contribution in [0.3, 0.4) is 0 Å². The molecule has 0 saturated carbocycles. The molecule has 1 aromatic rings. The number of anilines is 1. The maximum atomic E-state index is 12.9. The van der Waals surface area contributed by atoms with E-state index in [9.17, 15) is 9.59 Å². The predicted molar refractivity (Wildman–Crippen MR) is 79.5 cm³/mol. The van der Waals surface area contributed by atoms with E-state index in [1.807, 2.05) is 18.2 Å². The van der Waals surface area contributed by atoms with Gasteiger partial charge < -0.3 is 14.4 Å². The number of hydrogen-bond acceptors (Lipinski definition) is 4. The first-order valence-electron chi connectivity index (χ1n) is 7.08. The van der Waals surface area contributed by atoms with Crippen LogP contribution in [0.4, 0.5) is 5.69 Å². The minimum absolute atomic E-state index is 0.121. The Morgan fingerprint density at radius 1 is 1.50 bits per heavy atom. The van der Waals surface area contributed by atoms with E-state index in [1.165, 1.54) is 7.11 Å². The fourth-order valence-corrected chi connectivity index (χ4v) is 3.95. The number of nitrogens with zero attached hydrogens (tertiary/aromatic N) is 1. The molecule has 114 valence electrons. The third-order valence-corrected chi connectivity index (χ3v) is 4.93. The molecular formula is C16H14ClNO4. The molecule has 4 rings (SSSR count). The largest absolute Gasteiger partial charge is 0.469 e. The number of carbonyl (C=O) groups excluding carboxylic acids is 2. The van der Waals surface area contributed by atoms with Crippen molar-refractivity contribution in [2.75, 3.05) is 18.6 Å². The van der Waals surface area contributed by atoms with Gasteiger partial charge in [0.2, 0.25) is 5.91 Å². The van der Waals surface area contributed by atoms with Gasteiger partial charge in [-0.2, -0.15) is 0 Å². The molecule has 1 amide bonds. The summed E-state index contributed by atoms with van der Waals surface area (Å²) >= 11 is 6.01. The number of hydrogen-bond donors (Lipinski definition) is 0. The molecule has 3 aliphatic heterocycles. The van der Waals surface area contributed by atoms with Crippen molar-refractivity contribution in [3.63, 3.8) is 0 Å². The van der Waals surface area contributed by atoms with Gasteiger partial charge in [-0.15, -0.1) is 0 Å². The lowest BCUT2D eigenvalue weighted by Crippen LogP contribution is -2.39. The van der Waals surface area contributed by atoms with Crippen molar-refractivity contribution in [1.29, 1.82) is 0 Å². The standard InChI is InChI=1S/C16H14ClNO4/c1-21-15(20)12-11-5-6-16(22-11)8-18(14(19)13(12)16)10-4-2-3-9(17)7-10/h2-7,11-13H,8H2,1H3/t11-,12-,13-,16+/m0/s1. The molecule has 3 aliphatic rings. The normalized spacial score (nSPS) is 35.1. The van der Waals surface area contributed by atoms with E-state index in [0.717, 1.165) is 0 Å². The van der Waals surface area contributed by atoms with Crippen molar-refractivity contribution >= 4 is 29.2 Å². The van der Waals surface area contributed by atoms with Crippen LogP contribution < -0.4 is 4.90 Å². The maximum Gasteiger partial charge on any atom is 0.312 e. The Balaban J connectivity index is 1.73. The number of amides is 1. The molecule has 2 saturated heterocycles. The van der Waals surface area contributed by atoms with Crippen LogP contribution in [0.2, 0.25) is 5.02 Å². The van der Waals surface area contributed by atoms with Crippen molar-refractivity contribution in [1.82, 2.24) is 0 Å². The summed E-state index contributed by atoms with van der Waals surface area (Å²) in [6.45, 7) is 0.386. The minimum Gasteiger partial charge on any atom is -0.469 e. The summed E-state index contributed by atoms with van der Waals surface area (Å²) in [7, 11) is 1.33. The van der Waals surface area contributed by atoms with Crippen LogP contribution in [0.1, 0.15) is 0 Å². The molecule has 4 atom stereocenters. The number of benzene rings is 1. The van der Waals surface area contributed by atoms with E-state index in [-0.39, 0.29) is 12.0 Å². The van der Waals surface area contributed by atoms with Crippen molar-refractivity contribution < 1.29 is 19.1 Å². The Morgan fingerprint density at radius 2 is 2.32 bits per heavy atom. The molecule has 0 aromatic heterocycles. The SMILES string of the molecule is COC(=O)[C@H]1[C@@H]2C=C[C@]3(CN(c4cccc(Cl)c4)C(=O)[C@H]13)O2. The van der Waals surface area contributed by atoms with Crippen molar-refractivity contribution in [3.8, 4) is 0 Å². The second-order valence-corrected chi connectivity index (χ2v) is 6.26. The Bertz CT molecular complexity index is 703. The van der Waals surface area contributed by atoms with Gasteiger partial charge in [-0.3, -0.25) is 9.59 Å². The van der Waals surface area contributed by atoms with Gasteiger partial charge in [0.05, 0.1) is 25.7 Å². The highest BCUT2D eigenvalue weighted by Gasteiger charge is 2.67. The molecule has 22 heavy (non-hydrogen) atoms. The lowest BCUT2D eigenvalue weighted by atomic mass is 9.77. The first kappa shape index (κ1) is 13.8. The van der Waals surface area contributed by atoms with Gasteiger partial charge >= 0.3 is 5.97 Å². The third-order valence-electron chi connectivity index (χ3n) is 4.69. The number of methoxy groups -OCH3 is 1. The van der Waals surface area contributed by atoms with Gasteiger partial charge in [0, 0.05) is 10.7 Å². The van der Waals surface area contributed by atoms with Crippen LogP contribution in [0.5, 0.6) is 0 Å². The molecule has 6 heteroatoms. The van der Waals surface area contributed by atoms with E-state index in [0.29, 0.717) is 17.3 Å². The van der Waals surface area contributed by atoms with Crippen LogP contribution in [0, 0.1) is 11.8 Å². The Hall–Kier alpha value is -1.85. The van der Waals surface area contributed by atoms with E-state index in [2.05, 4.69) is 0 Å². The molecular weight excluding hydrogens is 306 g/mol. The average Bonchev–Trinajstić information content (AvgIpc) is 3.15. The maximum absolute atomic E-state index is 12.9. The summed E-state index contributed by atoms with van der Waals surface area (Å²) in [5.74, 6) is -1.63. The molecule has 2 fully saturated rings. The molecule has 1 spiro atoms. The number of esters is 1. The van der Waals surface area contributed by atoms with Gasteiger partial charge in [0.25, 0.3) is 0 Å². The molecule has 0 unspecified atom stereocenters. The molecule has 0 radical (unpaired) electrons. The summed E-state index contributed by atoms with van der Waals surface area (Å²) in [6.07, 6.45) is 3.39. The first-order chi connectivity index (χ1) is 10.6. The Morgan fingerprint density at radius 3 is 3.05 bits per heavy atom. The van der Waals surface area contributed by atoms with Crippen molar-refractivity contribution in [2.45, 2.75) is 11.7 Å². The lowest BCUT2D eigenvalue weighted by molar-refractivity contribution is -0.149. The van der Waals surface area contributed by atoms with Gasteiger partial charge in [0.15, 0.2) is 0 Å². The molecule has 0 aliphatic carbocycles. The summed E-state index contributed by atoms with van der Waals surface area (Å²) in [5.41, 5.74) is -0.0199. The zero-order chi connectivity index (χ0) is 15.5. The van der Waals surface area contributed by atoms with E-state index in [4.69, 9.17) is 21.1 Å². The van der Waals surface area contributed by atoms with Gasteiger partial charge in [0.1, 0.15) is 11.5 Å². The molecule has 0 N–H and O–H groups in total. The van der Waals surface area contributed by atoms with E-state index in [1.54, 1.807) is 23.1 Å². The topological polar surface area (TPSA) is 55.8 Å². The highest BCUT2D eigenvalue weighted by Crippen LogP contribution is 2.52. The fraction of sp³-hybridized carbons (Fsp3) is 0.375. The Labute approximate surface area is 132 Å². The molecule has 5 nitrogen and oxygen atoms in total.